The van der Waals surface area contributed by atoms with E-state index < -0.39 is 0 Å². The normalized spacial score (nSPS) is 13.2. The van der Waals surface area contributed by atoms with Gasteiger partial charge in [-0.05, 0) is 29.7 Å². The van der Waals surface area contributed by atoms with Gasteiger partial charge in [-0.15, -0.1) is 0 Å². The number of nitrogens with zero attached hydrogens (tertiary/aromatic N) is 2. The molecule has 2 aromatic rings. The Balaban J connectivity index is 1.68. The number of anilines is 1. The third-order valence-corrected chi connectivity index (χ3v) is 3.27. The van der Waals surface area contributed by atoms with Gasteiger partial charge in [0.1, 0.15) is 5.82 Å². The number of benzene rings is 1. The maximum Gasteiger partial charge on any atom is 0.323 e. The van der Waals surface area contributed by atoms with Crippen LogP contribution in [0.1, 0.15) is 16.7 Å². The standard InChI is InChI=1S/C15H15N3O/c1-11-6-7-14(16-8-11)17-15(19)18-9-12-4-2-3-5-13(12)10-18/h2-8H,9-10H2,1H3,(H,16,17,19). The van der Waals surface area contributed by atoms with Gasteiger partial charge in [0.25, 0.3) is 0 Å². The molecule has 0 atom stereocenters. The highest BCUT2D eigenvalue weighted by Crippen LogP contribution is 2.22. The lowest BCUT2D eigenvalue weighted by Crippen LogP contribution is -2.30. The van der Waals surface area contributed by atoms with Crippen molar-refractivity contribution in [3.05, 3.63) is 59.3 Å². The van der Waals surface area contributed by atoms with E-state index in [0.29, 0.717) is 18.9 Å². The largest absolute Gasteiger partial charge is 0.323 e. The number of amides is 2. The average molecular weight is 253 g/mol. The van der Waals surface area contributed by atoms with Crippen molar-refractivity contribution in [2.45, 2.75) is 20.0 Å². The maximum atomic E-state index is 12.1. The van der Waals surface area contributed by atoms with Crippen molar-refractivity contribution >= 4 is 11.8 Å². The van der Waals surface area contributed by atoms with E-state index in [-0.39, 0.29) is 6.03 Å². The maximum absolute atomic E-state index is 12.1. The molecule has 1 aliphatic rings. The molecule has 0 unspecified atom stereocenters. The number of fused-ring (bicyclic) bond motifs is 1. The summed E-state index contributed by atoms with van der Waals surface area (Å²) in [6, 6.07) is 11.8. The molecule has 0 fully saturated rings. The molecule has 0 aliphatic carbocycles. The van der Waals surface area contributed by atoms with E-state index in [2.05, 4.69) is 22.4 Å². The van der Waals surface area contributed by atoms with Crippen molar-refractivity contribution in [2.24, 2.45) is 0 Å². The Kier molecular flexibility index (Phi) is 2.91. The lowest BCUT2D eigenvalue weighted by Gasteiger charge is -2.15. The summed E-state index contributed by atoms with van der Waals surface area (Å²) >= 11 is 0. The van der Waals surface area contributed by atoms with E-state index in [1.165, 1.54) is 11.1 Å². The Labute approximate surface area is 112 Å². The second-order valence-corrected chi connectivity index (χ2v) is 4.78. The molecular formula is C15H15N3O. The Bertz CT molecular complexity index is 582. The summed E-state index contributed by atoms with van der Waals surface area (Å²) in [5.74, 6) is 0.589. The Morgan fingerprint density at radius 3 is 2.42 bits per heavy atom. The zero-order valence-corrected chi connectivity index (χ0v) is 10.8. The van der Waals surface area contributed by atoms with Gasteiger partial charge in [0, 0.05) is 19.3 Å². The van der Waals surface area contributed by atoms with Gasteiger partial charge in [0.15, 0.2) is 0 Å². The summed E-state index contributed by atoms with van der Waals surface area (Å²) in [6.07, 6.45) is 1.74. The van der Waals surface area contributed by atoms with Crippen LogP contribution >= 0.6 is 0 Å². The van der Waals surface area contributed by atoms with Crippen LogP contribution < -0.4 is 5.32 Å². The molecule has 96 valence electrons. The van der Waals surface area contributed by atoms with Gasteiger partial charge in [0.05, 0.1) is 0 Å². The number of aryl methyl sites for hydroxylation is 1. The number of nitrogens with one attached hydrogen (secondary N) is 1. The molecule has 19 heavy (non-hydrogen) atoms. The fourth-order valence-corrected chi connectivity index (χ4v) is 2.21. The first kappa shape index (κ1) is 11.7. The van der Waals surface area contributed by atoms with E-state index in [1.54, 1.807) is 11.1 Å². The van der Waals surface area contributed by atoms with Crippen LogP contribution in [0.3, 0.4) is 0 Å². The number of hydrogen-bond donors (Lipinski definition) is 1. The molecule has 3 rings (SSSR count). The van der Waals surface area contributed by atoms with Gasteiger partial charge >= 0.3 is 6.03 Å². The summed E-state index contributed by atoms with van der Waals surface area (Å²) in [7, 11) is 0. The summed E-state index contributed by atoms with van der Waals surface area (Å²) in [6.45, 7) is 3.29. The smallest absolute Gasteiger partial charge is 0.316 e. The molecule has 0 saturated carbocycles. The Hall–Kier alpha value is -2.36. The van der Waals surface area contributed by atoms with Crippen molar-refractivity contribution in [3.63, 3.8) is 0 Å². The number of carbonyl (C=O) groups excluding carboxylic acids is 1. The van der Waals surface area contributed by atoms with E-state index >= 15 is 0 Å². The van der Waals surface area contributed by atoms with Crippen LogP contribution in [0, 0.1) is 6.92 Å². The lowest BCUT2D eigenvalue weighted by atomic mass is 10.1. The molecule has 1 aromatic carbocycles. The van der Waals surface area contributed by atoms with Gasteiger partial charge in [-0.1, -0.05) is 30.3 Å². The van der Waals surface area contributed by atoms with E-state index in [0.717, 1.165) is 5.56 Å². The molecule has 4 nitrogen and oxygen atoms in total. The van der Waals surface area contributed by atoms with E-state index in [1.807, 2.05) is 31.2 Å². The molecule has 0 radical (unpaired) electrons. The average Bonchev–Trinajstić information content (AvgIpc) is 2.85. The van der Waals surface area contributed by atoms with Crippen LogP contribution in [0.2, 0.25) is 0 Å². The minimum absolute atomic E-state index is 0.104. The highest BCUT2D eigenvalue weighted by Gasteiger charge is 2.22. The first-order chi connectivity index (χ1) is 9.22. The third-order valence-electron chi connectivity index (χ3n) is 3.27. The Morgan fingerprint density at radius 1 is 1.16 bits per heavy atom. The van der Waals surface area contributed by atoms with Gasteiger partial charge in [-0.2, -0.15) is 0 Å². The minimum atomic E-state index is -0.104. The second-order valence-electron chi connectivity index (χ2n) is 4.78. The summed E-state index contributed by atoms with van der Waals surface area (Å²) in [5.41, 5.74) is 3.51. The molecule has 0 saturated heterocycles. The van der Waals surface area contributed by atoms with Crippen LogP contribution in [-0.4, -0.2) is 15.9 Å². The highest BCUT2D eigenvalue weighted by atomic mass is 16.2. The van der Waals surface area contributed by atoms with Gasteiger partial charge < -0.3 is 4.90 Å². The monoisotopic (exact) mass is 253 g/mol. The van der Waals surface area contributed by atoms with Crippen LogP contribution in [0.4, 0.5) is 10.6 Å². The van der Waals surface area contributed by atoms with E-state index in [4.69, 9.17) is 0 Å². The summed E-state index contributed by atoms with van der Waals surface area (Å²) < 4.78 is 0. The van der Waals surface area contributed by atoms with Crippen molar-refractivity contribution in [1.82, 2.24) is 9.88 Å². The van der Waals surface area contributed by atoms with Gasteiger partial charge in [-0.25, -0.2) is 9.78 Å². The first-order valence-corrected chi connectivity index (χ1v) is 6.28. The zero-order valence-electron chi connectivity index (χ0n) is 10.8. The van der Waals surface area contributed by atoms with Crippen LogP contribution in [0.15, 0.2) is 42.6 Å². The Morgan fingerprint density at radius 2 is 1.84 bits per heavy atom. The SMILES string of the molecule is Cc1ccc(NC(=O)N2Cc3ccccc3C2)nc1. The summed E-state index contributed by atoms with van der Waals surface area (Å²) in [5, 5.41) is 2.82. The van der Waals surface area contributed by atoms with Crippen LogP contribution in [-0.2, 0) is 13.1 Å². The molecule has 2 heterocycles. The van der Waals surface area contributed by atoms with Crippen LogP contribution in [0.5, 0.6) is 0 Å². The molecule has 1 aromatic heterocycles. The second kappa shape index (κ2) is 4.72. The van der Waals surface area contributed by atoms with Crippen molar-refractivity contribution in [3.8, 4) is 0 Å². The fraction of sp³-hybridized carbons (Fsp3) is 0.200. The molecule has 2 amide bonds. The number of urea groups is 1. The predicted molar refractivity (Wildman–Crippen MR) is 73.7 cm³/mol. The topological polar surface area (TPSA) is 45.2 Å². The number of pyridine rings is 1. The summed E-state index contributed by atoms with van der Waals surface area (Å²) in [4.78, 5) is 18.1. The lowest BCUT2D eigenvalue weighted by molar-refractivity contribution is 0.212. The highest BCUT2D eigenvalue weighted by molar-refractivity contribution is 5.88. The van der Waals surface area contributed by atoms with E-state index in [9.17, 15) is 4.79 Å². The quantitative estimate of drug-likeness (QED) is 0.849. The minimum Gasteiger partial charge on any atom is -0.316 e. The zero-order chi connectivity index (χ0) is 13.2. The predicted octanol–water partition coefficient (Wildman–Crippen LogP) is 2.94. The van der Waals surface area contributed by atoms with Gasteiger partial charge in [-0.3, -0.25) is 5.32 Å². The molecule has 1 N–H and O–H groups in total. The molecule has 1 aliphatic heterocycles. The number of carbonyl (C=O) groups is 1. The number of aromatic nitrogens is 1. The number of hydrogen-bond acceptors (Lipinski definition) is 2. The van der Waals surface area contributed by atoms with Crippen molar-refractivity contribution in [2.75, 3.05) is 5.32 Å². The van der Waals surface area contributed by atoms with Crippen molar-refractivity contribution < 1.29 is 4.79 Å². The van der Waals surface area contributed by atoms with Crippen molar-refractivity contribution in [1.29, 1.82) is 0 Å². The van der Waals surface area contributed by atoms with Gasteiger partial charge in [0.2, 0.25) is 0 Å². The third kappa shape index (κ3) is 2.42. The molecule has 0 spiro atoms. The first-order valence-electron chi connectivity index (χ1n) is 6.28. The number of rotatable bonds is 1. The molecule has 0 bridgehead atoms. The molecule has 4 heteroatoms. The van der Waals surface area contributed by atoms with Crippen LogP contribution in [0.25, 0.3) is 0 Å². The molecular weight excluding hydrogens is 238 g/mol. The fourth-order valence-electron chi connectivity index (χ4n) is 2.21.